The van der Waals surface area contributed by atoms with Gasteiger partial charge in [-0.2, -0.15) is 0 Å². The summed E-state index contributed by atoms with van der Waals surface area (Å²) in [5.41, 5.74) is 0.458. The number of carbonyl (C=O) groups is 1. The molecule has 0 aliphatic rings. The van der Waals surface area contributed by atoms with Crippen molar-refractivity contribution < 1.29 is 23.1 Å². The summed E-state index contributed by atoms with van der Waals surface area (Å²) in [7, 11) is -2.09. The monoisotopic (exact) mass is 364 g/mol. The van der Waals surface area contributed by atoms with Gasteiger partial charge in [0.15, 0.2) is 9.84 Å². The molecule has 1 aromatic rings. The van der Waals surface area contributed by atoms with Crippen LogP contribution in [0.2, 0.25) is 0 Å². The van der Waals surface area contributed by atoms with Gasteiger partial charge >= 0.3 is 5.97 Å². The number of sulfone groups is 1. The Labute approximate surface area is 127 Å². The minimum atomic E-state index is -3.59. The first-order chi connectivity index (χ1) is 9.21. The fraction of sp³-hybridized carbons (Fsp3) is 0.462. The number of aromatic carboxylic acids is 1. The van der Waals surface area contributed by atoms with E-state index in [4.69, 9.17) is 9.84 Å². The Morgan fingerprint density at radius 2 is 2.05 bits per heavy atom. The summed E-state index contributed by atoms with van der Waals surface area (Å²) in [5.74, 6) is -1.16. The summed E-state index contributed by atoms with van der Waals surface area (Å²) in [6.45, 7) is 3.57. The van der Waals surface area contributed by atoms with E-state index < -0.39 is 21.1 Å². The fourth-order valence-electron chi connectivity index (χ4n) is 1.73. The molecule has 7 heteroatoms. The van der Waals surface area contributed by atoms with Gasteiger partial charge in [-0.3, -0.25) is 0 Å². The van der Waals surface area contributed by atoms with E-state index in [2.05, 4.69) is 15.9 Å². The Kier molecular flexibility index (Phi) is 5.73. The average molecular weight is 365 g/mol. The Balaban J connectivity index is 3.34. The number of halogens is 1. The molecule has 1 N–H and O–H groups in total. The number of ether oxygens (including phenoxy) is 1. The van der Waals surface area contributed by atoms with Gasteiger partial charge in [-0.1, -0.05) is 15.9 Å². The van der Waals surface area contributed by atoms with Crippen molar-refractivity contribution in [3.05, 3.63) is 27.7 Å². The molecule has 1 rings (SSSR count). The topological polar surface area (TPSA) is 80.7 Å². The molecular weight excluding hydrogens is 348 g/mol. The van der Waals surface area contributed by atoms with Gasteiger partial charge in [0, 0.05) is 18.2 Å². The lowest BCUT2D eigenvalue weighted by Gasteiger charge is -2.16. The minimum Gasteiger partial charge on any atom is -0.478 e. The highest BCUT2D eigenvalue weighted by Gasteiger charge is 2.27. The number of benzene rings is 1. The molecule has 0 saturated heterocycles. The number of rotatable bonds is 6. The highest BCUT2D eigenvalue weighted by molar-refractivity contribution is 9.10. The van der Waals surface area contributed by atoms with Crippen molar-refractivity contribution in [2.45, 2.75) is 30.4 Å². The van der Waals surface area contributed by atoms with Crippen LogP contribution in [0, 0.1) is 6.92 Å². The molecule has 0 aliphatic carbocycles. The van der Waals surface area contributed by atoms with Gasteiger partial charge in [0.2, 0.25) is 0 Å². The lowest BCUT2D eigenvalue weighted by Crippen LogP contribution is -2.21. The van der Waals surface area contributed by atoms with Crippen molar-refractivity contribution in [3.8, 4) is 0 Å². The highest BCUT2D eigenvalue weighted by atomic mass is 79.9. The van der Waals surface area contributed by atoms with Crippen LogP contribution in [0.5, 0.6) is 0 Å². The SMILES string of the molecule is COCCC(C)S(=O)(=O)c1cc(C(=O)O)cc(Br)c1C. The molecule has 0 radical (unpaired) electrons. The van der Waals surface area contributed by atoms with Gasteiger partial charge in [-0.15, -0.1) is 0 Å². The van der Waals surface area contributed by atoms with E-state index in [0.29, 0.717) is 23.1 Å². The van der Waals surface area contributed by atoms with Crippen molar-refractivity contribution in [3.63, 3.8) is 0 Å². The molecule has 112 valence electrons. The number of hydrogen-bond acceptors (Lipinski definition) is 4. The van der Waals surface area contributed by atoms with Crippen LogP contribution in [0.3, 0.4) is 0 Å². The zero-order valence-electron chi connectivity index (χ0n) is 11.5. The highest BCUT2D eigenvalue weighted by Crippen LogP contribution is 2.29. The second-order valence-corrected chi connectivity index (χ2v) is 7.71. The van der Waals surface area contributed by atoms with E-state index >= 15 is 0 Å². The Hall–Kier alpha value is -0.920. The van der Waals surface area contributed by atoms with E-state index in [0.717, 1.165) is 0 Å². The van der Waals surface area contributed by atoms with Gasteiger partial charge in [0.1, 0.15) is 0 Å². The van der Waals surface area contributed by atoms with Gasteiger partial charge in [0.25, 0.3) is 0 Å². The first-order valence-electron chi connectivity index (χ1n) is 5.98. The van der Waals surface area contributed by atoms with Crippen LogP contribution >= 0.6 is 15.9 Å². The fourth-order valence-corrected chi connectivity index (χ4v) is 3.99. The smallest absolute Gasteiger partial charge is 0.335 e. The van der Waals surface area contributed by atoms with Gasteiger partial charge in [-0.05, 0) is 38.0 Å². The van der Waals surface area contributed by atoms with Crippen LogP contribution in [0.25, 0.3) is 0 Å². The molecule has 5 nitrogen and oxygen atoms in total. The Morgan fingerprint density at radius 3 is 2.55 bits per heavy atom. The van der Waals surface area contributed by atoms with Gasteiger partial charge < -0.3 is 9.84 Å². The summed E-state index contributed by atoms with van der Waals surface area (Å²) in [5, 5.41) is 8.39. The Morgan fingerprint density at radius 1 is 1.45 bits per heavy atom. The summed E-state index contributed by atoms with van der Waals surface area (Å²) < 4.78 is 30.4. The molecule has 0 spiro atoms. The van der Waals surface area contributed by atoms with Crippen LogP contribution < -0.4 is 0 Å². The van der Waals surface area contributed by atoms with Crippen molar-refractivity contribution in [1.82, 2.24) is 0 Å². The third kappa shape index (κ3) is 3.59. The molecule has 0 bridgehead atoms. The van der Waals surface area contributed by atoms with E-state index in [9.17, 15) is 13.2 Å². The van der Waals surface area contributed by atoms with E-state index in [1.54, 1.807) is 13.8 Å². The van der Waals surface area contributed by atoms with E-state index in [1.807, 2.05) is 0 Å². The summed E-state index contributed by atoms with van der Waals surface area (Å²) in [4.78, 5) is 11.1. The molecule has 0 aliphatic heterocycles. The summed E-state index contributed by atoms with van der Waals surface area (Å²) >= 11 is 3.21. The maximum absolute atomic E-state index is 12.5. The van der Waals surface area contributed by atoms with Crippen molar-refractivity contribution in [1.29, 1.82) is 0 Å². The molecule has 0 amide bonds. The summed E-state index contributed by atoms with van der Waals surface area (Å²) in [6, 6.07) is 2.61. The molecule has 1 unspecified atom stereocenters. The third-order valence-corrected chi connectivity index (χ3v) is 6.26. The minimum absolute atomic E-state index is 0.0490. The largest absolute Gasteiger partial charge is 0.478 e. The summed E-state index contributed by atoms with van der Waals surface area (Å²) in [6.07, 6.45) is 0.354. The zero-order chi connectivity index (χ0) is 15.5. The predicted octanol–water partition coefficient (Wildman–Crippen LogP) is 2.65. The lowest BCUT2D eigenvalue weighted by molar-refractivity contribution is 0.0696. The zero-order valence-corrected chi connectivity index (χ0v) is 13.9. The standard InChI is InChI=1S/C13H17BrO5S/c1-8(4-5-19-3)20(17,18)12-7-10(13(15)16)6-11(14)9(12)2/h6-8H,4-5H2,1-3H3,(H,15,16). The molecule has 0 heterocycles. The van der Waals surface area contributed by atoms with Crippen molar-refractivity contribution in [2.75, 3.05) is 13.7 Å². The molecule has 0 fully saturated rings. The first-order valence-corrected chi connectivity index (χ1v) is 8.32. The second-order valence-electron chi connectivity index (χ2n) is 4.52. The number of methoxy groups -OCH3 is 1. The average Bonchev–Trinajstić information content (AvgIpc) is 2.38. The maximum Gasteiger partial charge on any atom is 0.335 e. The maximum atomic E-state index is 12.5. The molecule has 20 heavy (non-hydrogen) atoms. The van der Waals surface area contributed by atoms with Gasteiger partial charge in [-0.25, -0.2) is 13.2 Å². The lowest BCUT2D eigenvalue weighted by atomic mass is 10.1. The first kappa shape index (κ1) is 17.1. The van der Waals surface area contributed by atoms with Crippen molar-refractivity contribution >= 4 is 31.7 Å². The molecule has 1 atom stereocenters. The van der Waals surface area contributed by atoms with Crippen LogP contribution in [-0.2, 0) is 14.6 Å². The Bertz CT molecular complexity index is 609. The van der Waals surface area contributed by atoms with Crippen LogP contribution in [-0.4, -0.2) is 38.5 Å². The molecular formula is C13H17BrO5S. The second kappa shape index (κ2) is 6.69. The van der Waals surface area contributed by atoms with Crippen LogP contribution in [0.15, 0.2) is 21.5 Å². The predicted molar refractivity (Wildman–Crippen MR) is 79.0 cm³/mol. The van der Waals surface area contributed by atoms with Crippen molar-refractivity contribution in [2.24, 2.45) is 0 Å². The van der Waals surface area contributed by atoms with E-state index in [-0.39, 0.29) is 10.5 Å². The number of hydrogen-bond donors (Lipinski definition) is 1. The number of carboxylic acid groups (broad SMARTS) is 1. The van der Waals surface area contributed by atoms with E-state index in [1.165, 1.54) is 19.2 Å². The normalized spacial score (nSPS) is 13.2. The number of carboxylic acids is 1. The van der Waals surface area contributed by atoms with Crippen LogP contribution in [0.4, 0.5) is 0 Å². The van der Waals surface area contributed by atoms with Crippen LogP contribution in [0.1, 0.15) is 29.3 Å². The molecule has 1 aromatic carbocycles. The van der Waals surface area contributed by atoms with Gasteiger partial charge in [0.05, 0.1) is 15.7 Å². The molecule has 0 saturated carbocycles. The quantitative estimate of drug-likeness (QED) is 0.838. The third-order valence-electron chi connectivity index (χ3n) is 3.11. The molecule has 0 aromatic heterocycles.